The van der Waals surface area contributed by atoms with Crippen LogP contribution in [0.3, 0.4) is 0 Å². The lowest BCUT2D eigenvalue weighted by atomic mass is 9.80. The summed E-state index contributed by atoms with van der Waals surface area (Å²) in [5, 5.41) is 0. The van der Waals surface area contributed by atoms with Crippen molar-refractivity contribution < 1.29 is 14.3 Å². The number of hydrogen-bond acceptors (Lipinski definition) is 3. The van der Waals surface area contributed by atoms with Crippen molar-refractivity contribution in [2.24, 2.45) is 5.92 Å². The molecule has 2 aliphatic rings. The molecule has 2 unspecified atom stereocenters. The van der Waals surface area contributed by atoms with E-state index in [0.29, 0.717) is 13.2 Å². The Hall–Kier alpha value is -1.19. The second kappa shape index (κ2) is 4.82. The predicted octanol–water partition coefficient (Wildman–Crippen LogP) is 2.34. The standard InChI is InChI=1S/C15H18O3/c16-11-15-7-6-14(18-15)8-13(15)10-17-9-12-4-2-1-3-5-12/h1-5,11,13-14H,6-10H2/t13?,14?,15-/m0/s1. The van der Waals surface area contributed by atoms with Crippen LogP contribution in [-0.2, 0) is 20.9 Å². The molecule has 1 aromatic carbocycles. The van der Waals surface area contributed by atoms with Gasteiger partial charge >= 0.3 is 0 Å². The van der Waals surface area contributed by atoms with Gasteiger partial charge in [-0.05, 0) is 24.8 Å². The summed E-state index contributed by atoms with van der Waals surface area (Å²) in [6.07, 6.45) is 4.12. The van der Waals surface area contributed by atoms with Crippen LogP contribution in [0.1, 0.15) is 24.8 Å². The Morgan fingerprint density at radius 2 is 2.22 bits per heavy atom. The highest BCUT2D eigenvalue weighted by atomic mass is 16.5. The lowest BCUT2D eigenvalue weighted by Gasteiger charge is -2.26. The zero-order chi connectivity index (χ0) is 12.4. The molecule has 2 aliphatic heterocycles. The Morgan fingerprint density at radius 3 is 2.94 bits per heavy atom. The summed E-state index contributed by atoms with van der Waals surface area (Å²) >= 11 is 0. The van der Waals surface area contributed by atoms with E-state index >= 15 is 0 Å². The SMILES string of the molecule is O=C[C@@]12CCC(CC1COCc1ccccc1)O2. The van der Waals surface area contributed by atoms with Gasteiger partial charge in [-0.2, -0.15) is 0 Å². The fraction of sp³-hybridized carbons (Fsp3) is 0.533. The molecule has 0 saturated carbocycles. The van der Waals surface area contributed by atoms with Crippen LogP contribution >= 0.6 is 0 Å². The van der Waals surface area contributed by atoms with Crippen LogP contribution in [0.25, 0.3) is 0 Å². The summed E-state index contributed by atoms with van der Waals surface area (Å²) in [6.45, 7) is 1.22. The predicted molar refractivity (Wildman–Crippen MR) is 67.1 cm³/mol. The van der Waals surface area contributed by atoms with Gasteiger partial charge in [-0.3, -0.25) is 0 Å². The van der Waals surface area contributed by atoms with E-state index in [-0.39, 0.29) is 12.0 Å². The minimum Gasteiger partial charge on any atom is -0.376 e. The fourth-order valence-corrected chi connectivity index (χ4v) is 3.08. The van der Waals surface area contributed by atoms with Crippen molar-refractivity contribution >= 4 is 6.29 Å². The molecular weight excluding hydrogens is 228 g/mol. The summed E-state index contributed by atoms with van der Waals surface area (Å²) in [4.78, 5) is 11.2. The topological polar surface area (TPSA) is 35.5 Å². The van der Waals surface area contributed by atoms with E-state index in [9.17, 15) is 4.79 Å². The van der Waals surface area contributed by atoms with Crippen molar-refractivity contribution in [3.63, 3.8) is 0 Å². The van der Waals surface area contributed by atoms with Gasteiger partial charge in [0.1, 0.15) is 5.60 Å². The lowest BCUT2D eigenvalue weighted by Crippen LogP contribution is -2.38. The van der Waals surface area contributed by atoms with Gasteiger partial charge in [0.25, 0.3) is 0 Å². The quantitative estimate of drug-likeness (QED) is 0.748. The third-order valence-corrected chi connectivity index (χ3v) is 4.11. The third kappa shape index (κ3) is 2.08. The number of carbonyl (C=O) groups is 1. The number of hydrogen-bond donors (Lipinski definition) is 0. The molecule has 18 heavy (non-hydrogen) atoms. The van der Waals surface area contributed by atoms with Crippen LogP contribution in [0, 0.1) is 5.92 Å². The maximum Gasteiger partial charge on any atom is 0.152 e. The first-order valence-electron chi connectivity index (χ1n) is 6.58. The number of ether oxygens (including phenoxy) is 2. The molecule has 96 valence electrons. The molecule has 0 aromatic heterocycles. The van der Waals surface area contributed by atoms with Crippen molar-refractivity contribution in [2.45, 2.75) is 37.6 Å². The monoisotopic (exact) mass is 246 g/mol. The Bertz CT molecular complexity index is 417. The first kappa shape index (κ1) is 11.9. The second-order valence-electron chi connectivity index (χ2n) is 5.28. The summed E-state index contributed by atoms with van der Waals surface area (Å²) < 4.78 is 11.5. The van der Waals surface area contributed by atoms with Crippen molar-refractivity contribution in [3.05, 3.63) is 35.9 Å². The van der Waals surface area contributed by atoms with E-state index in [1.165, 1.54) is 5.56 Å². The minimum absolute atomic E-state index is 0.234. The van der Waals surface area contributed by atoms with Crippen LogP contribution in [0.5, 0.6) is 0 Å². The molecule has 3 nitrogen and oxygen atoms in total. The van der Waals surface area contributed by atoms with E-state index < -0.39 is 5.60 Å². The van der Waals surface area contributed by atoms with Crippen molar-refractivity contribution in [3.8, 4) is 0 Å². The Labute approximate surface area is 107 Å². The maximum absolute atomic E-state index is 11.2. The maximum atomic E-state index is 11.2. The minimum atomic E-state index is -0.540. The zero-order valence-corrected chi connectivity index (χ0v) is 10.4. The normalized spacial score (nSPS) is 33.8. The Balaban J connectivity index is 1.54. The van der Waals surface area contributed by atoms with E-state index in [1.807, 2.05) is 30.3 Å². The van der Waals surface area contributed by atoms with Gasteiger partial charge in [0.15, 0.2) is 6.29 Å². The molecule has 2 heterocycles. The average Bonchev–Trinajstić information content (AvgIpc) is 2.98. The van der Waals surface area contributed by atoms with Crippen LogP contribution in [0.15, 0.2) is 30.3 Å². The van der Waals surface area contributed by atoms with Crippen LogP contribution in [0.2, 0.25) is 0 Å². The molecule has 3 heteroatoms. The van der Waals surface area contributed by atoms with Gasteiger partial charge in [0.05, 0.1) is 19.3 Å². The summed E-state index contributed by atoms with van der Waals surface area (Å²) in [5.41, 5.74) is 0.628. The zero-order valence-electron chi connectivity index (χ0n) is 10.4. The molecule has 2 fully saturated rings. The molecule has 3 atom stereocenters. The molecule has 0 aliphatic carbocycles. The Morgan fingerprint density at radius 1 is 1.39 bits per heavy atom. The molecule has 2 saturated heterocycles. The third-order valence-electron chi connectivity index (χ3n) is 4.11. The summed E-state index contributed by atoms with van der Waals surface area (Å²) in [7, 11) is 0. The molecular formula is C15H18O3. The van der Waals surface area contributed by atoms with Gasteiger partial charge in [-0.15, -0.1) is 0 Å². The molecule has 3 rings (SSSR count). The number of carbonyl (C=O) groups excluding carboxylic acids is 1. The van der Waals surface area contributed by atoms with Crippen molar-refractivity contribution in [1.29, 1.82) is 0 Å². The Kier molecular flexibility index (Phi) is 3.18. The first-order valence-corrected chi connectivity index (χ1v) is 6.58. The van der Waals surface area contributed by atoms with Gasteiger partial charge < -0.3 is 14.3 Å². The highest BCUT2D eigenvalue weighted by Crippen LogP contribution is 2.46. The number of benzene rings is 1. The van der Waals surface area contributed by atoms with Crippen LogP contribution < -0.4 is 0 Å². The first-order chi connectivity index (χ1) is 8.82. The largest absolute Gasteiger partial charge is 0.376 e. The van der Waals surface area contributed by atoms with Gasteiger partial charge in [-0.25, -0.2) is 0 Å². The average molecular weight is 246 g/mol. The molecule has 1 aromatic rings. The second-order valence-corrected chi connectivity index (χ2v) is 5.28. The smallest absolute Gasteiger partial charge is 0.152 e. The molecule has 0 amide bonds. The van der Waals surface area contributed by atoms with Gasteiger partial charge in [0.2, 0.25) is 0 Å². The number of fused-ring (bicyclic) bond motifs is 2. The molecule has 0 N–H and O–H groups in total. The lowest BCUT2D eigenvalue weighted by molar-refractivity contribution is -0.129. The summed E-state index contributed by atoms with van der Waals surface area (Å²) in [5.74, 6) is 0.234. The van der Waals surface area contributed by atoms with Crippen molar-refractivity contribution in [1.82, 2.24) is 0 Å². The number of rotatable bonds is 5. The van der Waals surface area contributed by atoms with E-state index in [4.69, 9.17) is 9.47 Å². The van der Waals surface area contributed by atoms with Crippen molar-refractivity contribution in [2.75, 3.05) is 6.61 Å². The summed E-state index contributed by atoms with van der Waals surface area (Å²) in [6, 6.07) is 10.1. The molecule has 2 bridgehead atoms. The van der Waals surface area contributed by atoms with E-state index in [2.05, 4.69) is 0 Å². The van der Waals surface area contributed by atoms with Crippen LogP contribution in [0.4, 0.5) is 0 Å². The van der Waals surface area contributed by atoms with Gasteiger partial charge in [-0.1, -0.05) is 30.3 Å². The van der Waals surface area contributed by atoms with Gasteiger partial charge in [0, 0.05) is 5.92 Å². The highest BCUT2D eigenvalue weighted by Gasteiger charge is 2.53. The van der Waals surface area contributed by atoms with E-state index in [1.54, 1.807) is 0 Å². The van der Waals surface area contributed by atoms with Crippen LogP contribution in [-0.4, -0.2) is 24.6 Å². The van der Waals surface area contributed by atoms with E-state index in [0.717, 1.165) is 25.5 Å². The molecule has 0 radical (unpaired) electrons. The fourth-order valence-electron chi connectivity index (χ4n) is 3.08. The highest BCUT2D eigenvalue weighted by molar-refractivity contribution is 5.64. The number of aldehydes is 1. The molecule has 0 spiro atoms.